The number of hydrogen-bond acceptors (Lipinski definition) is 3. The Bertz CT molecular complexity index is 413. The van der Waals surface area contributed by atoms with Crippen LogP contribution in [-0.2, 0) is 11.3 Å². The van der Waals surface area contributed by atoms with Gasteiger partial charge in [-0.1, -0.05) is 23.7 Å². The van der Waals surface area contributed by atoms with Gasteiger partial charge in [0.2, 0.25) is 5.91 Å². The maximum absolute atomic E-state index is 11.8. The van der Waals surface area contributed by atoms with Crippen molar-refractivity contribution < 1.29 is 4.79 Å². The minimum absolute atomic E-state index is 0.0606. The quantitative estimate of drug-likeness (QED) is 0.877. The third kappa shape index (κ3) is 4.82. The number of halogens is 1. The fraction of sp³-hybridized carbons (Fsp3) is 0.500. The number of hydrogen-bond donors (Lipinski definition) is 2. The van der Waals surface area contributed by atoms with E-state index >= 15 is 0 Å². The van der Waals surface area contributed by atoms with Gasteiger partial charge in [-0.25, -0.2) is 0 Å². The summed E-state index contributed by atoms with van der Waals surface area (Å²) in [7, 11) is 0. The summed E-state index contributed by atoms with van der Waals surface area (Å²) in [6, 6.07) is 7.79. The Balaban J connectivity index is 1.71. The fourth-order valence-corrected chi connectivity index (χ4v) is 2.30. The number of nitrogens with one attached hydrogen (secondary N) is 1. The lowest BCUT2D eigenvalue weighted by molar-refractivity contribution is -0.122. The molecule has 19 heavy (non-hydrogen) atoms. The summed E-state index contributed by atoms with van der Waals surface area (Å²) in [5.74, 6) is 0.0606. The number of benzene rings is 1. The first-order valence-corrected chi connectivity index (χ1v) is 7.00. The zero-order chi connectivity index (χ0) is 13.7. The third-order valence-electron chi connectivity index (χ3n) is 3.40. The molecular formula is C14H20ClN3O. The van der Waals surface area contributed by atoms with Crippen LogP contribution in [0.5, 0.6) is 0 Å². The average Bonchev–Trinajstić information content (AvgIpc) is 2.41. The predicted octanol–water partition coefficient (Wildman–Crippen LogP) is 1.38. The van der Waals surface area contributed by atoms with Crippen LogP contribution in [0.3, 0.4) is 0 Å². The van der Waals surface area contributed by atoms with E-state index in [0.29, 0.717) is 24.2 Å². The van der Waals surface area contributed by atoms with Gasteiger partial charge in [-0.15, -0.1) is 0 Å². The molecule has 1 heterocycles. The summed E-state index contributed by atoms with van der Waals surface area (Å²) in [5.41, 5.74) is 6.89. The Morgan fingerprint density at radius 1 is 1.32 bits per heavy atom. The van der Waals surface area contributed by atoms with Crippen molar-refractivity contribution in [2.45, 2.75) is 25.4 Å². The molecule has 0 radical (unpaired) electrons. The van der Waals surface area contributed by atoms with Crippen LogP contribution < -0.4 is 11.1 Å². The van der Waals surface area contributed by atoms with Gasteiger partial charge in [0.15, 0.2) is 0 Å². The Morgan fingerprint density at radius 2 is 1.95 bits per heavy atom. The summed E-state index contributed by atoms with van der Waals surface area (Å²) in [5, 5.41) is 3.63. The number of piperidine rings is 1. The van der Waals surface area contributed by atoms with Gasteiger partial charge in [-0.3, -0.25) is 9.69 Å². The van der Waals surface area contributed by atoms with E-state index in [-0.39, 0.29) is 5.91 Å². The first-order valence-electron chi connectivity index (χ1n) is 6.62. The maximum Gasteiger partial charge on any atom is 0.234 e. The van der Waals surface area contributed by atoms with E-state index in [4.69, 9.17) is 17.3 Å². The van der Waals surface area contributed by atoms with E-state index in [1.165, 1.54) is 0 Å². The fourth-order valence-electron chi connectivity index (χ4n) is 2.17. The highest BCUT2D eigenvalue weighted by molar-refractivity contribution is 6.30. The maximum atomic E-state index is 11.8. The summed E-state index contributed by atoms with van der Waals surface area (Å²) < 4.78 is 0. The Kier molecular flexibility index (Phi) is 5.19. The van der Waals surface area contributed by atoms with Crippen LogP contribution in [0.15, 0.2) is 24.3 Å². The second kappa shape index (κ2) is 6.89. The van der Waals surface area contributed by atoms with Gasteiger partial charge in [0.25, 0.3) is 0 Å². The Hall–Kier alpha value is -1.10. The summed E-state index contributed by atoms with van der Waals surface area (Å²) in [6.07, 6.45) is 1.95. The number of carbonyl (C=O) groups is 1. The number of nitrogens with two attached hydrogens (primary N) is 1. The highest BCUT2D eigenvalue weighted by atomic mass is 35.5. The van der Waals surface area contributed by atoms with Crippen LogP contribution in [0, 0.1) is 0 Å². The minimum Gasteiger partial charge on any atom is -0.351 e. The Morgan fingerprint density at radius 3 is 2.58 bits per heavy atom. The van der Waals surface area contributed by atoms with Crippen molar-refractivity contribution in [2.75, 3.05) is 19.6 Å². The standard InChI is InChI=1S/C14H20ClN3O/c15-12-3-1-11(2-4-12)9-17-14(19)10-18-7-5-13(16)6-8-18/h1-4,13H,5-10,16H2,(H,17,19). The molecule has 104 valence electrons. The van der Waals surface area contributed by atoms with Crippen molar-refractivity contribution in [3.63, 3.8) is 0 Å². The molecule has 1 aromatic rings. The number of nitrogens with zero attached hydrogens (tertiary/aromatic N) is 1. The SMILES string of the molecule is NC1CCN(CC(=O)NCc2ccc(Cl)cc2)CC1. The molecule has 1 aliphatic heterocycles. The van der Waals surface area contributed by atoms with E-state index in [0.717, 1.165) is 31.5 Å². The molecule has 2 rings (SSSR count). The van der Waals surface area contributed by atoms with Gasteiger partial charge >= 0.3 is 0 Å². The molecule has 0 atom stereocenters. The molecule has 1 amide bonds. The molecule has 0 aromatic heterocycles. The van der Waals surface area contributed by atoms with Gasteiger partial charge in [-0.05, 0) is 30.5 Å². The monoisotopic (exact) mass is 281 g/mol. The van der Waals surface area contributed by atoms with Crippen LogP contribution in [0.2, 0.25) is 5.02 Å². The highest BCUT2D eigenvalue weighted by Crippen LogP contribution is 2.09. The van der Waals surface area contributed by atoms with Crippen molar-refractivity contribution in [1.82, 2.24) is 10.2 Å². The smallest absolute Gasteiger partial charge is 0.234 e. The third-order valence-corrected chi connectivity index (χ3v) is 3.65. The zero-order valence-corrected chi connectivity index (χ0v) is 11.7. The van der Waals surface area contributed by atoms with Crippen molar-refractivity contribution in [2.24, 2.45) is 5.73 Å². The lowest BCUT2D eigenvalue weighted by atomic mass is 10.1. The van der Waals surface area contributed by atoms with Crippen LogP contribution in [0.4, 0.5) is 0 Å². The molecule has 5 heteroatoms. The normalized spacial score (nSPS) is 17.4. The molecule has 1 aliphatic rings. The van der Waals surface area contributed by atoms with E-state index < -0.39 is 0 Å². The summed E-state index contributed by atoms with van der Waals surface area (Å²) in [6.45, 7) is 2.83. The molecule has 4 nitrogen and oxygen atoms in total. The molecule has 3 N–H and O–H groups in total. The van der Waals surface area contributed by atoms with Gasteiger partial charge in [0, 0.05) is 30.7 Å². The summed E-state index contributed by atoms with van der Waals surface area (Å²) in [4.78, 5) is 14.0. The van der Waals surface area contributed by atoms with Gasteiger partial charge in [-0.2, -0.15) is 0 Å². The highest BCUT2D eigenvalue weighted by Gasteiger charge is 2.17. The van der Waals surface area contributed by atoms with E-state index in [9.17, 15) is 4.79 Å². The van der Waals surface area contributed by atoms with Gasteiger partial charge in [0.05, 0.1) is 6.54 Å². The molecule has 0 bridgehead atoms. The number of carbonyl (C=O) groups excluding carboxylic acids is 1. The van der Waals surface area contributed by atoms with Gasteiger partial charge in [0.1, 0.15) is 0 Å². The van der Waals surface area contributed by atoms with Gasteiger partial charge < -0.3 is 11.1 Å². The second-order valence-corrected chi connectivity index (χ2v) is 5.45. The van der Waals surface area contributed by atoms with Crippen LogP contribution >= 0.6 is 11.6 Å². The van der Waals surface area contributed by atoms with Crippen molar-refractivity contribution in [1.29, 1.82) is 0 Å². The first-order chi connectivity index (χ1) is 9.13. The number of rotatable bonds is 4. The average molecular weight is 282 g/mol. The molecule has 0 saturated carbocycles. The molecule has 0 aliphatic carbocycles. The number of amides is 1. The van der Waals surface area contributed by atoms with Crippen LogP contribution in [0.25, 0.3) is 0 Å². The minimum atomic E-state index is 0.0606. The Labute approximate surface area is 118 Å². The molecular weight excluding hydrogens is 262 g/mol. The second-order valence-electron chi connectivity index (χ2n) is 5.02. The predicted molar refractivity (Wildman–Crippen MR) is 76.9 cm³/mol. The van der Waals surface area contributed by atoms with E-state index in [1.54, 1.807) is 0 Å². The van der Waals surface area contributed by atoms with Crippen molar-refractivity contribution in [3.8, 4) is 0 Å². The summed E-state index contributed by atoms with van der Waals surface area (Å²) >= 11 is 5.81. The molecule has 1 fully saturated rings. The lowest BCUT2D eigenvalue weighted by Gasteiger charge is -2.29. The van der Waals surface area contributed by atoms with Crippen LogP contribution in [-0.4, -0.2) is 36.5 Å². The largest absolute Gasteiger partial charge is 0.351 e. The van der Waals surface area contributed by atoms with Crippen molar-refractivity contribution >= 4 is 17.5 Å². The van der Waals surface area contributed by atoms with Crippen LogP contribution in [0.1, 0.15) is 18.4 Å². The molecule has 0 unspecified atom stereocenters. The zero-order valence-electron chi connectivity index (χ0n) is 10.9. The van der Waals surface area contributed by atoms with E-state index in [1.807, 2.05) is 24.3 Å². The molecule has 1 saturated heterocycles. The molecule has 1 aromatic carbocycles. The molecule has 0 spiro atoms. The number of likely N-dealkylation sites (tertiary alicyclic amines) is 1. The first kappa shape index (κ1) is 14.3. The lowest BCUT2D eigenvalue weighted by Crippen LogP contribution is -2.44. The topological polar surface area (TPSA) is 58.4 Å². The van der Waals surface area contributed by atoms with E-state index in [2.05, 4.69) is 10.2 Å². The van der Waals surface area contributed by atoms with Crippen molar-refractivity contribution in [3.05, 3.63) is 34.9 Å².